The molecule has 0 spiro atoms. The van der Waals surface area contributed by atoms with Gasteiger partial charge in [-0.1, -0.05) is 0 Å². The zero-order valence-electron chi connectivity index (χ0n) is 7.40. The Balaban J connectivity index is 2.77. The fourth-order valence-corrected chi connectivity index (χ4v) is 1.78. The summed E-state index contributed by atoms with van der Waals surface area (Å²) in [6.07, 6.45) is 4.23. The maximum absolute atomic E-state index is 10.7. The summed E-state index contributed by atoms with van der Waals surface area (Å²) in [7, 11) is 1.53. The predicted molar refractivity (Wildman–Crippen MR) is 59.8 cm³/mol. The highest BCUT2D eigenvalue weighted by Crippen LogP contribution is 2.20. The zero-order chi connectivity index (χ0) is 10.1. The van der Waals surface area contributed by atoms with Crippen LogP contribution in [0.4, 0.5) is 0 Å². The average Bonchev–Trinajstić information content (AvgIpc) is 2.58. The van der Waals surface area contributed by atoms with E-state index in [1.807, 2.05) is 4.40 Å². The van der Waals surface area contributed by atoms with Crippen LogP contribution in [0.5, 0.6) is 5.75 Å². The van der Waals surface area contributed by atoms with Gasteiger partial charge in [-0.25, -0.2) is 4.98 Å². The van der Waals surface area contributed by atoms with Gasteiger partial charge in [-0.05, 0) is 22.6 Å². The first-order chi connectivity index (χ1) is 6.76. The van der Waals surface area contributed by atoms with Gasteiger partial charge in [0.15, 0.2) is 6.29 Å². The molecular weight excluding hydrogens is 295 g/mol. The van der Waals surface area contributed by atoms with E-state index in [4.69, 9.17) is 4.74 Å². The Morgan fingerprint density at radius 1 is 1.64 bits per heavy atom. The van der Waals surface area contributed by atoms with Crippen molar-refractivity contribution in [1.82, 2.24) is 9.38 Å². The van der Waals surface area contributed by atoms with Gasteiger partial charge >= 0.3 is 0 Å². The molecule has 0 radical (unpaired) electrons. The summed E-state index contributed by atoms with van der Waals surface area (Å²) in [5, 5.41) is 0. The van der Waals surface area contributed by atoms with Crippen LogP contribution < -0.4 is 4.74 Å². The van der Waals surface area contributed by atoms with Gasteiger partial charge in [-0.3, -0.25) is 9.20 Å². The van der Waals surface area contributed by atoms with Gasteiger partial charge in [0.05, 0.1) is 18.9 Å². The van der Waals surface area contributed by atoms with Crippen molar-refractivity contribution < 1.29 is 9.53 Å². The second-order valence-electron chi connectivity index (χ2n) is 2.72. The number of fused-ring (bicyclic) bond motifs is 1. The Labute approximate surface area is 94.0 Å². The van der Waals surface area contributed by atoms with Crippen LogP contribution in [0.25, 0.3) is 5.65 Å². The standard InChI is InChI=1S/C9H7IN2O2/c1-14-7-2-9-11-3-8(10)12(9)4-6(7)5-13/h2-5H,1H3. The minimum atomic E-state index is 0.524. The van der Waals surface area contributed by atoms with Crippen molar-refractivity contribution in [2.75, 3.05) is 7.11 Å². The summed E-state index contributed by atoms with van der Waals surface area (Å²) in [5.74, 6) is 0.550. The first-order valence-electron chi connectivity index (χ1n) is 3.92. The maximum atomic E-state index is 10.7. The Morgan fingerprint density at radius 2 is 2.43 bits per heavy atom. The molecule has 0 fully saturated rings. The molecule has 4 nitrogen and oxygen atoms in total. The number of hydrogen-bond acceptors (Lipinski definition) is 3. The second kappa shape index (κ2) is 3.56. The van der Waals surface area contributed by atoms with E-state index >= 15 is 0 Å². The SMILES string of the molecule is COc1cc2ncc(I)n2cc1C=O. The Bertz CT molecular complexity index is 493. The van der Waals surface area contributed by atoms with E-state index in [-0.39, 0.29) is 0 Å². The summed E-state index contributed by atoms with van der Waals surface area (Å²) >= 11 is 2.15. The highest BCUT2D eigenvalue weighted by atomic mass is 127. The van der Waals surface area contributed by atoms with Crippen LogP contribution in [0.3, 0.4) is 0 Å². The van der Waals surface area contributed by atoms with Crippen LogP contribution in [0.1, 0.15) is 10.4 Å². The monoisotopic (exact) mass is 302 g/mol. The molecule has 0 saturated carbocycles. The summed E-state index contributed by atoms with van der Waals surface area (Å²) in [6, 6.07) is 1.74. The second-order valence-corrected chi connectivity index (χ2v) is 3.83. The summed E-state index contributed by atoms with van der Waals surface area (Å²) < 4.78 is 7.87. The van der Waals surface area contributed by atoms with Gasteiger partial charge in [-0.2, -0.15) is 0 Å². The van der Waals surface area contributed by atoms with Crippen LogP contribution in [0, 0.1) is 3.70 Å². The summed E-state index contributed by atoms with van der Waals surface area (Å²) in [6.45, 7) is 0. The number of carbonyl (C=O) groups excluding carboxylic acids is 1. The van der Waals surface area contributed by atoms with Gasteiger partial charge in [-0.15, -0.1) is 0 Å². The van der Waals surface area contributed by atoms with Crippen LogP contribution in [-0.4, -0.2) is 22.8 Å². The summed E-state index contributed by atoms with van der Waals surface area (Å²) in [5.41, 5.74) is 1.30. The molecular formula is C9H7IN2O2. The summed E-state index contributed by atoms with van der Waals surface area (Å²) in [4.78, 5) is 14.9. The molecule has 0 aliphatic carbocycles. The van der Waals surface area contributed by atoms with Crippen molar-refractivity contribution in [3.63, 3.8) is 0 Å². The lowest BCUT2D eigenvalue weighted by Crippen LogP contribution is -1.95. The number of halogens is 1. The first kappa shape index (κ1) is 9.45. The van der Waals surface area contributed by atoms with Crippen molar-refractivity contribution in [2.45, 2.75) is 0 Å². The molecule has 0 aromatic carbocycles. The van der Waals surface area contributed by atoms with Crippen molar-refractivity contribution in [3.8, 4) is 5.75 Å². The highest BCUT2D eigenvalue weighted by molar-refractivity contribution is 14.1. The molecule has 2 heterocycles. The molecule has 14 heavy (non-hydrogen) atoms. The molecule has 0 bridgehead atoms. The van der Waals surface area contributed by atoms with Crippen LogP contribution in [0.15, 0.2) is 18.5 Å². The maximum Gasteiger partial charge on any atom is 0.155 e. The van der Waals surface area contributed by atoms with Crippen molar-refractivity contribution >= 4 is 34.5 Å². The Kier molecular flexibility index (Phi) is 2.40. The van der Waals surface area contributed by atoms with Gasteiger partial charge in [0.25, 0.3) is 0 Å². The number of rotatable bonds is 2. The van der Waals surface area contributed by atoms with Crippen molar-refractivity contribution in [3.05, 3.63) is 27.7 Å². The third-order valence-corrected chi connectivity index (χ3v) is 2.74. The van der Waals surface area contributed by atoms with Gasteiger partial charge in [0.2, 0.25) is 0 Å². The van der Waals surface area contributed by atoms with E-state index < -0.39 is 0 Å². The van der Waals surface area contributed by atoms with E-state index in [1.165, 1.54) is 7.11 Å². The fourth-order valence-electron chi connectivity index (χ4n) is 1.26. The number of imidazole rings is 1. The molecule has 2 aromatic rings. The van der Waals surface area contributed by atoms with E-state index in [0.717, 1.165) is 15.6 Å². The fraction of sp³-hybridized carbons (Fsp3) is 0.111. The lowest BCUT2D eigenvalue weighted by atomic mass is 10.3. The van der Waals surface area contributed by atoms with E-state index in [2.05, 4.69) is 27.6 Å². The molecule has 72 valence electrons. The number of pyridine rings is 1. The third-order valence-electron chi connectivity index (χ3n) is 1.94. The number of ether oxygens (including phenoxy) is 1. The molecule has 5 heteroatoms. The number of hydrogen-bond donors (Lipinski definition) is 0. The highest BCUT2D eigenvalue weighted by Gasteiger charge is 2.07. The number of aldehydes is 1. The molecule has 0 N–H and O–H groups in total. The molecule has 0 aliphatic rings. The van der Waals surface area contributed by atoms with Gasteiger partial charge < -0.3 is 4.74 Å². The minimum Gasteiger partial charge on any atom is -0.496 e. The number of methoxy groups -OCH3 is 1. The van der Waals surface area contributed by atoms with Crippen LogP contribution in [0.2, 0.25) is 0 Å². The van der Waals surface area contributed by atoms with Gasteiger partial charge in [0, 0.05) is 12.3 Å². The first-order valence-corrected chi connectivity index (χ1v) is 5.00. The normalized spacial score (nSPS) is 10.4. The molecule has 0 unspecified atom stereocenters. The predicted octanol–water partition coefficient (Wildman–Crippen LogP) is 1.76. The van der Waals surface area contributed by atoms with Crippen molar-refractivity contribution in [2.24, 2.45) is 0 Å². The lowest BCUT2D eigenvalue weighted by Gasteiger charge is -2.04. The quantitative estimate of drug-likeness (QED) is 0.627. The molecule has 2 rings (SSSR count). The molecule has 0 amide bonds. The largest absolute Gasteiger partial charge is 0.496 e. The number of carbonyl (C=O) groups is 1. The zero-order valence-corrected chi connectivity index (χ0v) is 9.56. The van der Waals surface area contributed by atoms with E-state index in [0.29, 0.717) is 11.3 Å². The topological polar surface area (TPSA) is 43.6 Å². The van der Waals surface area contributed by atoms with Crippen LogP contribution in [-0.2, 0) is 0 Å². The lowest BCUT2D eigenvalue weighted by molar-refractivity contribution is 0.112. The smallest absolute Gasteiger partial charge is 0.155 e. The van der Waals surface area contributed by atoms with E-state index in [9.17, 15) is 4.79 Å². The van der Waals surface area contributed by atoms with E-state index in [1.54, 1.807) is 18.5 Å². The molecule has 0 aliphatic heterocycles. The molecule has 0 atom stereocenters. The van der Waals surface area contributed by atoms with Crippen molar-refractivity contribution in [1.29, 1.82) is 0 Å². The number of nitrogens with zero attached hydrogens (tertiary/aromatic N) is 2. The molecule has 2 aromatic heterocycles. The third kappa shape index (κ3) is 1.37. The number of aromatic nitrogens is 2. The average molecular weight is 302 g/mol. The molecule has 0 saturated heterocycles. The van der Waals surface area contributed by atoms with Crippen LogP contribution >= 0.6 is 22.6 Å². The Morgan fingerprint density at radius 3 is 3.07 bits per heavy atom. The Hall–Kier alpha value is -1.11. The van der Waals surface area contributed by atoms with Gasteiger partial charge in [0.1, 0.15) is 15.1 Å². The minimum absolute atomic E-state index is 0.524.